The molecule has 0 aliphatic carbocycles. The monoisotopic (exact) mass is 296 g/mol. The molecule has 0 saturated carbocycles. The van der Waals surface area contributed by atoms with Crippen molar-refractivity contribution >= 4 is 15.9 Å². The number of rotatable bonds is 3. The van der Waals surface area contributed by atoms with Gasteiger partial charge >= 0.3 is 5.69 Å². The zero-order valence-electron chi connectivity index (χ0n) is 9.72. The molecule has 0 radical (unpaired) electrons. The van der Waals surface area contributed by atoms with Crippen LogP contribution in [0.25, 0.3) is 5.69 Å². The van der Waals surface area contributed by atoms with E-state index in [9.17, 15) is 4.79 Å². The van der Waals surface area contributed by atoms with Crippen LogP contribution in [0.2, 0.25) is 0 Å². The second kappa shape index (κ2) is 4.83. The van der Waals surface area contributed by atoms with Crippen molar-refractivity contribution in [2.24, 2.45) is 7.05 Å². The molecule has 0 amide bonds. The Kier molecular flexibility index (Phi) is 3.42. The van der Waals surface area contributed by atoms with Crippen molar-refractivity contribution in [3.8, 4) is 5.69 Å². The van der Waals surface area contributed by atoms with Crippen LogP contribution in [0.3, 0.4) is 0 Å². The maximum atomic E-state index is 11.8. The van der Waals surface area contributed by atoms with E-state index in [0.29, 0.717) is 5.33 Å². The van der Waals surface area contributed by atoms with Crippen molar-refractivity contribution < 1.29 is 0 Å². The van der Waals surface area contributed by atoms with Gasteiger partial charge in [0.2, 0.25) is 0 Å². The van der Waals surface area contributed by atoms with E-state index in [-0.39, 0.29) is 5.69 Å². The van der Waals surface area contributed by atoms with Gasteiger partial charge in [-0.25, -0.2) is 4.79 Å². The minimum atomic E-state index is -0.236. The lowest BCUT2D eigenvalue weighted by Gasteiger charge is -2.09. The summed E-state index contributed by atoms with van der Waals surface area (Å²) in [6, 6.07) is 5.87. The van der Waals surface area contributed by atoms with E-state index in [1.807, 2.05) is 12.1 Å². The van der Waals surface area contributed by atoms with Gasteiger partial charge in [0.05, 0.1) is 5.69 Å². The molecule has 2 aromatic rings. The summed E-state index contributed by atoms with van der Waals surface area (Å²) >= 11 is 3.46. The van der Waals surface area contributed by atoms with Crippen LogP contribution in [0.15, 0.2) is 23.0 Å². The molecular formula is C11H13BrN4O. The molecule has 0 spiro atoms. The van der Waals surface area contributed by atoms with E-state index in [1.165, 1.54) is 14.9 Å². The normalized spacial score (nSPS) is 10.8. The van der Waals surface area contributed by atoms with Gasteiger partial charge in [-0.2, -0.15) is 9.36 Å². The quantitative estimate of drug-likeness (QED) is 0.805. The van der Waals surface area contributed by atoms with Crippen LogP contribution in [0.4, 0.5) is 0 Å². The number of alkyl halides is 1. The van der Waals surface area contributed by atoms with Crippen molar-refractivity contribution in [3.05, 3.63) is 39.8 Å². The van der Waals surface area contributed by atoms with Gasteiger partial charge in [0.15, 0.2) is 0 Å². The third-order valence-electron chi connectivity index (χ3n) is 2.71. The fraction of sp³-hybridized carbons (Fsp3) is 0.364. The maximum Gasteiger partial charge on any atom is 0.368 e. The Morgan fingerprint density at radius 1 is 1.35 bits per heavy atom. The predicted octanol–water partition coefficient (Wildman–Crippen LogP) is 1.42. The Balaban J connectivity index is 2.67. The van der Waals surface area contributed by atoms with Gasteiger partial charge in [0.1, 0.15) is 0 Å². The number of aromatic nitrogens is 4. The molecule has 5 nitrogen and oxygen atoms in total. The number of halogens is 1. The van der Waals surface area contributed by atoms with Crippen molar-refractivity contribution in [1.82, 2.24) is 19.8 Å². The number of benzene rings is 1. The van der Waals surface area contributed by atoms with Crippen molar-refractivity contribution in [2.45, 2.75) is 18.7 Å². The molecule has 6 heteroatoms. The molecule has 90 valence electrons. The first-order chi connectivity index (χ1) is 8.19. The molecule has 1 aromatic heterocycles. The lowest BCUT2D eigenvalue weighted by Crippen LogP contribution is -2.23. The van der Waals surface area contributed by atoms with Crippen LogP contribution < -0.4 is 5.69 Å². The third-order valence-corrected chi connectivity index (χ3v) is 3.27. The Hall–Kier alpha value is -1.43. The standard InChI is InChI=1S/C11H13BrN4O/c1-3-8-5-4-6-10(9(8)7-12)16-11(17)15(2)13-14-16/h4-6H,3,7H2,1-2H3. The molecule has 0 fully saturated rings. The maximum absolute atomic E-state index is 11.8. The third kappa shape index (κ3) is 2.04. The number of aryl methyl sites for hydroxylation is 2. The first-order valence-corrected chi connectivity index (χ1v) is 6.47. The number of hydrogen-bond acceptors (Lipinski definition) is 3. The molecule has 0 aliphatic heterocycles. The first-order valence-electron chi connectivity index (χ1n) is 5.35. The number of hydrogen-bond donors (Lipinski definition) is 0. The lowest BCUT2D eigenvalue weighted by atomic mass is 10.0. The molecule has 0 N–H and O–H groups in total. The van der Waals surface area contributed by atoms with Gasteiger partial charge in [-0.05, 0) is 34.0 Å². The first kappa shape index (κ1) is 12.0. The van der Waals surface area contributed by atoms with E-state index in [1.54, 1.807) is 7.05 Å². The van der Waals surface area contributed by atoms with Gasteiger partial charge in [-0.1, -0.05) is 35.0 Å². The molecule has 1 heterocycles. The Bertz CT molecular complexity index is 587. The van der Waals surface area contributed by atoms with E-state index >= 15 is 0 Å². The highest BCUT2D eigenvalue weighted by molar-refractivity contribution is 9.08. The summed E-state index contributed by atoms with van der Waals surface area (Å²) in [5, 5.41) is 8.28. The van der Waals surface area contributed by atoms with Crippen LogP contribution in [0.1, 0.15) is 18.1 Å². The molecule has 0 saturated heterocycles. The van der Waals surface area contributed by atoms with Gasteiger partial charge in [0, 0.05) is 12.4 Å². The van der Waals surface area contributed by atoms with Crippen molar-refractivity contribution in [3.63, 3.8) is 0 Å². The second-order valence-corrected chi connectivity index (χ2v) is 4.26. The highest BCUT2D eigenvalue weighted by Crippen LogP contribution is 2.20. The molecule has 0 bridgehead atoms. The van der Waals surface area contributed by atoms with E-state index in [0.717, 1.165) is 17.7 Å². The van der Waals surface area contributed by atoms with Crippen LogP contribution in [0.5, 0.6) is 0 Å². The summed E-state index contributed by atoms with van der Waals surface area (Å²) in [6.07, 6.45) is 0.920. The molecule has 17 heavy (non-hydrogen) atoms. The van der Waals surface area contributed by atoms with Gasteiger partial charge in [-0.3, -0.25) is 0 Å². The zero-order valence-corrected chi connectivity index (χ0v) is 11.3. The molecule has 0 aliphatic rings. The Morgan fingerprint density at radius 3 is 2.65 bits per heavy atom. The van der Waals surface area contributed by atoms with E-state index in [4.69, 9.17) is 0 Å². The van der Waals surface area contributed by atoms with Crippen molar-refractivity contribution in [2.75, 3.05) is 0 Å². The smallest absolute Gasteiger partial charge is 0.244 e. The summed E-state index contributed by atoms with van der Waals surface area (Å²) in [5.74, 6) is 0. The molecule has 0 unspecified atom stereocenters. The highest BCUT2D eigenvalue weighted by Gasteiger charge is 2.12. The van der Waals surface area contributed by atoms with Gasteiger partial charge in [0.25, 0.3) is 0 Å². The summed E-state index contributed by atoms with van der Waals surface area (Å²) < 4.78 is 2.55. The fourth-order valence-corrected chi connectivity index (χ4v) is 2.42. The molecule has 0 atom stereocenters. The van der Waals surface area contributed by atoms with E-state index < -0.39 is 0 Å². The zero-order chi connectivity index (χ0) is 12.4. The average molecular weight is 297 g/mol. The van der Waals surface area contributed by atoms with Gasteiger partial charge in [-0.15, -0.1) is 0 Å². The fourth-order valence-electron chi connectivity index (χ4n) is 1.77. The molecule has 2 rings (SSSR count). The van der Waals surface area contributed by atoms with Crippen LogP contribution >= 0.6 is 15.9 Å². The average Bonchev–Trinajstić information content (AvgIpc) is 2.69. The number of nitrogens with zero attached hydrogens (tertiary/aromatic N) is 4. The van der Waals surface area contributed by atoms with Gasteiger partial charge < -0.3 is 0 Å². The largest absolute Gasteiger partial charge is 0.368 e. The van der Waals surface area contributed by atoms with Crippen LogP contribution in [-0.4, -0.2) is 19.8 Å². The van der Waals surface area contributed by atoms with Crippen LogP contribution in [-0.2, 0) is 18.8 Å². The van der Waals surface area contributed by atoms with Crippen molar-refractivity contribution in [1.29, 1.82) is 0 Å². The summed E-state index contributed by atoms with van der Waals surface area (Å²) in [4.78, 5) is 11.8. The second-order valence-electron chi connectivity index (χ2n) is 3.70. The number of tetrazole rings is 1. The summed E-state index contributed by atoms with van der Waals surface area (Å²) in [6.45, 7) is 2.09. The highest BCUT2D eigenvalue weighted by atomic mass is 79.9. The summed E-state index contributed by atoms with van der Waals surface area (Å²) in [5.41, 5.74) is 2.84. The Morgan fingerprint density at radius 2 is 2.12 bits per heavy atom. The SMILES string of the molecule is CCc1cccc(-n2nnn(C)c2=O)c1CBr. The minimum absolute atomic E-state index is 0.236. The topological polar surface area (TPSA) is 52.7 Å². The van der Waals surface area contributed by atoms with E-state index in [2.05, 4.69) is 39.3 Å². The van der Waals surface area contributed by atoms with Crippen LogP contribution in [0, 0.1) is 0 Å². The molecular weight excluding hydrogens is 284 g/mol. The lowest BCUT2D eigenvalue weighted by molar-refractivity contribution is 0.692. The Labute approximate surface area is 107 Å². The summed E-state index contributed by atoms with van der Waals surface area (Å²) in [7, 11) is 1.59. The predicted molar refractivity (Wildman–Crippen MR) is 68.6 cm³/mol. The minimum Gasteiger partial charge on any atom is -0.244 e. The molecule has 1 aromatic carbocycles.